The molecule has 1 aromatic carbocycles. The topological polar surface area (TPSA) is 18.5 Å². The van der Waals surface area contributed by atoms with Gasteiger partial charge in [-0.1, -0.05) is 38.7 Å². The largest absolute Gasteiger partial charge is 0.497 e. The zero-order valence-electron chi connectivity index (χ0n) is 11.5. The maximum Gasteiger partial charge on any atom is 0.127 e. The van der Waals surface area contributed by atoms with Crippen LogP contribution in [0.25, 0.3) is 0 Å². The molecule has 1 unspecified atom stereocenters. The molecule has 0 aliphatic carbocycles. The van der Waals surface area contributed by atoms with Crippen molar-refractivity contribution >= 4 is 11.6 Å². The summed E-state index contributed by atoms with van der Waals surface area (Å²) in [6.07, 6.45) is 5.93. The quantitative estimate of drug-likeness (QED) is 0.491. The van der Waals surface area contributed by atoms with Crippen molar-refractivity contribution in [3.05, 3.63) is 23.8 Å². The molecule has 3 heteroatoms. The van der Waals surface area contributed by atoms with Crippen molar-refractivity contribution < 1.29 is 9.47 Å². The highest BCUT2D eigenvalue weighted by atomic mass is 35.5. The van der Waals surface area contributed by atoms with Gasteiger partial charge >= 0.3 is 0 Å². The Kier molecular flexibility index (Phi) is 6.96. The van der Waals surface area contributed by atoms with Gasteiger partial charge in [-0.15, -0.1) is 11.6 Å². The van der Waals surface area contributed by atoms with Gasteiger partial charge in [0, 0.05) is 11.6 Å². The van der Waals surface area contributed by atoms with Crippen LogP contribution in [0.15, 0.2) is 18.2 Å². The summed E-state index contributed by atoms with van der Waals surface area (Å²) in [4.78, 5) is 0. The van der Waals surface area contributed by atoms with Crippen LogP contribution >= 0.6 is 11.6 Å². The number of hydrogen-bond donors (Lipinski definition) is 0. The van der Waals surface area contributed by atoms with E-state index in [-0.39, 0.29) is 5.38 Å². The summed E-state index contributed by atoms with van der Waals surface area (Å²) in [6, 6.07) is 5.81. The first-order valence-electron chi connectivity index (χ1n) is 6.59. The molecular weight excluding hydrogens is 248 g/mol. The van der Waals surface area contributed by atoms with Crippen LogP contribution in [0, 0.1) is 0 Å². The van der Waals surface area contributed by atoms with Gasteiger partial charge in [0.2, 0.25) is 0 Å². The fourth-order valence-corrected chi connectivity index (χ4v) is 2.32. The second-order valence-corrected chi connectivity index (χ2v) is 4.95. The molecule has 0 N–H and O–H groups in total. The minimum absolute atomic E-state index is 0.0164. The monoisotopic (exact) mass is 270 g/mol. The minimum Gasteiger partial charge on any atom is -0.497 e. The van der Waals surface area contributed by atoms with Crippen molar-refractivity contribution in [2.24, 2.45) is 0 Å². The van der Waals surface area contributed by atoms with Crippen molar-refractivity contribution in [1.29, 1.82) is 0 Å². The van der Waals surface area contributed by atoms with Crippen molar-refractivity contribution in [1.82, 2.24) is 0 Å². The summed E-state index contributed by atoms with van der Waals surface area (Å²) in [5, 5.41) is 0.0164. The molecule has 0 saturated heterocycles. The Hall–Kier alpha value is -0.890. The number of alkyl halides is 1. The number of benzene rings is 1. The normalized spacial score (nSPS) is 12.2. The summed E-state index contributed by atoms with van der Waals surface area (Å²) in [6.45, 7) is 2.21. The SMILES string of the molecule is CCCCCCC(Cl)c1ccc(OC)cc1OC. The predicted octanol–water partition coefficient (Wildman–Crippen LogP) is 4.95. The lowest BCUT2D eigenvalue weighted by molar-refractivity contribution is 0.390. The Morgan fingerprint density at radius 3 is 2.50 bits per heavy atom. The third kappa shape index (κ3) is 4.41. The molecule has 2 nitrogen and oxygen atoms in total. The first kappa shape index (κ1) is 15.2. The Morgan fingerprint density at radius 1 is 1.11 bits per heavy atom. The second-order valence-electron chi connectivity index (χ2n) is 4.42. The van der Waals surface area contributed by atoms with Gasteiger partial charge < -0.3 is 9.47 Å². The molecule has 0 bridgehead atoms. The second kappa shape index (κ2) is 8.25. The number of hydrogen-bond acceptors (Lipinski definition) is 2. The number of rotatable bonds is 8. The zero-order valence-corrected chi connectivity index (χ0v) is 12.3. The smallest absolute Gasteiger partial charge is 0.127 e. The summed E-state index contributed by atoms with van der Waals surface area (Å²) in [7, 11) is 3.32. The van der Waals surface area contributed by atoms with Crippen LogP contribution in [0.2, 0.25) is 0 Å². The highest BCUT2D eigenvalue weighted by molar-refractivity contribution is 6.21. The van der Waals surface area contributed by atoms with Crippen molar-refractivity contribution in [3.8, 4) is 11.5 Å². The first-order valence-corrected chi connectivity index (χ1v) is 7.02. The van der Waals surface area contributed by atoms with E-state index < -0.39 is 0 Å². The lowest BCUT2D eigenvalue weighted by Crippen LogP contribution is -1.97. The molecule has 0 fully saturated rings. The Balaban J connectivity index is 2.63. The third-order valence-electron chi connectivity index (χ3n) is 3.09. The standard InChI is InChI=1S/C15H23ClO2/c1-4-5-6-7-8-14(16)13-10-9-12(17-2)11-15(13)18-3/h9-11,14H,4-8H2,1-3H3. The van der Waals surface area contributed by atoms with E-state index in [0.717, 1.165) is 29.9 Å². The summed E-state index contributed by atoms with van der Waals surface area (Å²) < 4.78 is 10.6. The van der Waals surface area contributed by atoms with Gasteiger partial charge in [0.05, 0.1) is 19.6 Å². The zero-order chi connectivity index (χ0) is 13.4. The highest BCUT2D eigenvalue weighted by Gasteiger charge is 2.13. The van der Waals surface area contributed by atoms with E-state index in [1.165, 1.54) is 19.3 Å². The molecule has 1 atom stereocenters. The molecule has 0 aromatic heterocycles. The summed E-state index contributed by atoms with van der Waals surface area (Å²) >= 11 is 6.44. The molecule has 0 aliphatic rings. The molecule has 0 radical (unpaired) electrons. The number of halogens is 1. The van der Waals surface area contributed by atoms with E-state index in [1.807, 2.05) is 18.2 Å². The van der Waals surface area contributed by atoms with Gasteiger partial charge in [0.25, 0.3) is 0 Å². The Morgan fingerprint density at radius 2 is 1.89 bits per heavy atom. The molecule has 0 saturated carbocycles. The van der Waals surface area contributed by atoms with E-state index in [9.17, 15) is 0 Å². The van der Waals surface area contributed by atoms with E-state index in [4.69, 9.17) is 21.1 Å². The van der Waals surface area contributed by atoms with Gasteiger partial charge in [-0.25, -0.2) is 0 Å². The average molecular weight is 271 g/mol. The highest BCUT2D eigenvalue weighted by Crippen LogP contribution is 2.35. The van der Waals surface area contributed by atoms with Crippen LogP contribution in [0.5, 0.6) is 11.5 Å². The van der Waals surface area contributed by atoms with Crippen LogP contribution < -0.4 is 9.47 Å². The predicted molar refractivity (Wildman–Crippen MR) is 76.9 cm³/mol. The van der Waals surface area contributed by atoms with E-state index in [2.05, 4.69) is 6.92 Å². The first-order chi connectivity index (χ1) is 8.72. The van der Waals surface area contributed by atoms with Crippen LogP contribution in [0.3, 0.4) is 0 Å². The Bertz CT molecular complexity index is 352. The molecule has 0 heterocycles. The van der Waals surface area contributed by atoms with Crippen LogP contribution in [0.4, 0.5) is 0 Å². The van der Waals surface area contributed by atoms with Crippen LogP contribution in [0.1, 0.15) is 50.0 Å². The summed E-state index contributed by atoms with van der Waals surface area (Å²) in [5.74, 6) is 1.61. The minimum atomic E-state index is 0.0164. The maximum atomic E-state index is 6.44. The number of unbranched alkanes of at least 4 members (excludes halogenated alkanes) is 3. The Labute approximate surface area is 115 Å². The van der Waals surface area contributed by atoms with E-state index in [1.54, 1.807) is 14.2 Å². The molecule has 1 rings (SSSR count). The van der Waals surface area contributed by atoms with E-state index >= 15 is 0 Å². The third-order valence-corrected chi connectivity index (χ3v) is 3.54. The molecule has 1 aromatic rings. The van der Waals surface area contributed by atoms with Crippen LogP contribution in [-0.2, 0) is 0 Å². The maximum absolute atomic E-state index is 6.44. The molecule has 0 spiro atoms. The molecule has 0 amide bonds. The fraction of sp³-hybridized carbons (Fsp3) is 0.600. The van der Waals surface area contributed by atoms with Crippen molar-refractivity contribution in [2.45, 2.75) is 44.4 Å². The van der Waals surface area contributed by atoms with Crippen LogP contribution in [-0.4, -0.2) is 14.2 Å². The summed E-state index contributed by atoms with van der Waals surface area (Å²) in [5.41, 5.74) is 1.05. The van der Waals surface area contributed by atoms with Gasteiger partial charge in [0.15, 0.2) is 0 Å². The average Bonchev–Trinajstić information content (AvgIpc) is 2.42. The molecule has 18 heavy (non-hydrogen) atoms. The van der Waals surface area contributed by atoms with Gasteiger partial charge in [-0.3, -0.25) is 0 Å². The molecule has 102 valence electrons. The van der Waals surface area contributed by atoms with E-state index in [0.29, 0.717) is 0 Å². The van der Waals surface area contributed by atoms with Gasteiger partial charge in [0.1, 0.15) is 11.5 Å². The number of ether oxygens (including phenoxy) is 2. The lowest BCUT2D eigenvalue weighted by Gasteiger charge is -2.15. The van der Waals surface area contributed by atoms with Crippen molar-refractivity contribution in [2.75, 3.05) is 14.2 Å². The lowest BCUT2D eigenvalue weighted by atomic mass is 10.0. The fourth-order valence-electron chi connectivity index (χ4n) is 1.98. The molecular formula is C15H23ClO2. The van der Waals surface area contributed by atoms with Gasteiger partial charge in [-0.05, 0) is 12.5 Å². The van der Waals surface area contributed by atoms with Crippen molar-refractivity contribution in [3.63, 3.8) is 0 Å². The molecule has 0 aliphatic heterocycles. The van der Waals surface area contributed by atoms with Gasteiger partial charge in [-0.2, -0.15) is 0 Å². The number of methoxy groups -OCH3 is 2.